The Morgan fingerprint density at radius 1 is 1.45 bits per heavy atom. The summed E-state index contributed by atoms with van der Waals surface area (Å²) < 4.78 is 32.4. The maximum absolute atomic E-state index is 12.8. The Kier molecular flexibility index (Phi) is 4.90. The zero-order valence-electron chi connectivity index (χ0n) is 11.6. The van der Waals surface area contributed by atoms with Crippen molar-refractivity contribution in [2.45, 2.75) is 24.3 Å². The number of hydrogen-bond donors (Lipinski definition) is 1. The highest BCUT2D eigenvalue weighted by atomic mass is 35.5. The van der Waals surface area contributed by atoms with Crippen LogP contribution < -0.4 is 10.1 Å². The van der Waals surface area contributed by atoms with Gasteiger partial charge in [-0.05, 0) is 18.6 Å². The van der Waals surface area contributed by atoms with E-state index in [0.29, 0.717) is 24.7 Å². The minimum atomic E-state index is -3.57. The molecule has 2 rings (SSSR count). The average molecular weight is 319 g/mol. The van der Waals surface area contributed by atoms with Gasteiger partial charge in [-0.2, -0.15) is 4.31 Å². The zero-order chi connectivity index (χ0) is 14.8. The fraction of sp³-hybridized carbons (Fsp3) is 0.538. The second kappa shape index (κ2) is 6.30. The number of rotatable bonds is 6. The Hall–Kier alpha value is -0.820. The van der Waals surface area contributed by atoms with Gasteiger partial charge in [0.15, 0.2) is 0 Å². The lowest BCUT2D eigenvalue weighted by molar-refractivity contribution is 0.241. The van der Waals surface area contributed by atoms with Crippen molar-refractivity contribution in [2.24, 2.45) is 0 Å². The monoisotopic (exact) mass is 318 g/mol. The van der Waals surface area contributed by atoms with Crippen molar-refractivity contribution in [1.29, 1.82) is 0 Å². The summed E-state index contributed by atoms with van der Waals surface area (Å²) in [6.45, 7) is 3.85. The molecule has 0 bridgehead atoms. The highest BCUT2D eigenvalue weighted by molar-refractivity contribution is 7.89. The van der Waals surface area contributed by atoms with Gasteiger partial charge in [-0.3, -0.25) is 0 Å². The molecule has 0 aliphatic carbocycles. The molecule has 0 radical (unpaired) electrons. The number of nitrogens with zero attached hydrogens (tertiary/aromatic N) is 1. The number of benzene rings is 1. The molecule has 0 spiro atoms. The van der Waals surface area contributed by atoms with E-state index in [1.807, 2.05) is 6.92 Å². The standard InChI is InChI=1S/C13H19ClN2O3S/c1-3-6-16(11-8-15-9-11)20(17,18)13-5-4-10(14)7-12(13)19-2/h4-5,7,11,15H,3,6,8-9H2,1-2H3. The molecule has 20 heavy (non-hydrogen) atoms. The number of methoxy groups -OCH3 is 1. The third kappa shape index (κ3) is 2.93. The second-order valence-corrected chi connectivity index (χ2v) is 7.02. The molecule has 0 aromatic heterocycles. The summed E-state index contributed by atoms with van der Waals surface area (Å²) >= 11 is 5.89. The van der Waals surface area contributed by atoms with Crippen LogP contribution in [0.3, 0.4) is 0 Å². The number of ether oxygens (including phenoxy) is 1. The summed E-state index contributed by atoms with van der Waals surface area (Å²) in [5, 5.41) is 3.55. The number of nitrogens with one attached hydrogen (secondary N) is 1. The van der Waals surface area contributed by atoms with Gasteiger partial charge in [0.25, 0.3) is 0 Å². The van der Waals surface area contributed by atoms with E-state index in [-0.39, 0.29) is 16.7 Å². The van der Waals surface area contributed by atoms with Gasteiger partial charge in [-0.25, -0.2) is 8.42 Å². The summed E-state index contributed by atoms with van der Waals surface area (Å²) in [5.41, 5.74) is 0. The molecule has 5 nitrogen and oxygen atoms in total. The summed E-state index contributed by atoms with van der Waals surface area (Å²) in [4.78, 5) is 0.171. The zero-order valence-corrected chi connectivity index (χ0v) is 13.2. The molecule has 0 unspecified atom stereocenters. The first-order chi connectivity index (χ1) is 9.50. The first-order valence-corrected chi connectivity index (χ1v) is 8.38. The fourth-order valence-corrected chi connectivity index (χ4v) is 4.19. The molecule has 1 saturated heterocycles. The van der Waals surface area contributed by atoms with E-state index in [4.69, 9.17) is 16.3 Å². The normalized spacial score (nSPS) is 16.2. The van der Waals surface area contributed by atoms with E-state index >= 15 is 0 Å². The largest absolute Gasteiger partial charge is 0.495 e. The number of hydrogen-bond acceptors (Lipinski definition) is 4. The quantitative estimate of drug-likeness (QED) is 0.867. The molecule has 112 valence electrons. The highest BCUT2D eigenvalue weighted by Gasteiger charge is 2.35. The van der Waals surface area contributed by atoms with Gasteiger partial charge in [0.1, 0.15) is 10.6 Å². The first kappa shape index (κ1) is 15.6. The minimum absolute atomic E-state index is 0.0142. The Labute approximate surface area is 124 Å². The molecule has 1 N–H and O–H groups in total. The topological polar surface area (TPSA) is 58.6 Å². The van der Waals surface area contributed by atoms with Crippen molar-refractivity contribution >= 4 is 21.6 Å². The smallest absolute Gasteiger partial charge is 0.247 e. The summed E-state index contributed by atoms with van der Waals surface area (Å²) in [6.07, 6.45) is 0.769. The van der Waals surface area contributed by atoms with Crippen LogP contribution in [0.1, 0.15) is 13.3 Å². The van der Waals surface area contributed by atoms with E-state index in [0.717, 1.165) is 6.42 Å². The summed E-state index contributed by atoms with van der Waals surface area (Å²) in [7, 11) is -2.13. The van der Waals surface area contributed by atoms with E-state index in [2.05, 4.69) is 5.32 Å². The lowest BCUT2D eigenvalue weighted by Gasteiger charge is -2.37. The summed E-state index contributed by atoms with van der Waals surface area (Å²) in [6, 6.07) is 4.61. The molecule has 1 aliphatic rings. The van der Waals surface area contributed by atoms with Crippen molar-refractivity contribution in [3.63, 3.8) is 0 Å². The van der Waals surface area contributed by atoms with Crippen LogP contribution in [-0.4, -0.2) is 45.5 Å². The molecule has 7 heteroatoms. The molecule has 1 aromatic carbocycles. The van der Waals surface area contributed by atoms with Crippen molar-refractivity contribution < 1.29 is 13.2 Å². The molecule has 1 fully saturated rings. The number of halogens is 1. The SMILES string of the molecule is CCCN(C1CNC1)S(=O)(=O)c1ccc(Cl)cc1OC. The Balaban J connectivity index is 2.41. The third-order valence-electron chi connectivity index (χ3n) is 3.32. The first-order valence-electron chi connectivity index (χ1n) is 6.56. The van der Waals surface area contributed by atoms with Crippen molar-refractivity contribution in [3.8, 4) is 5.75 Å². The maximum atomic E-state index is 12.8. The van der Waals surface area contributed by atoms with E-state index < -0.39 is 10.0 Å². The van der Waals surface area contributed by atoms with Crippen molar-refractivity contribution in [2.75, 3.05) is 26.7 Å². The Bertz CT molecular complexity index is 573. The lowest BCUT2D eigenvalue weighted by Crippen LogP contribution is -2.58. The van der Waals surface area contributed by atoms with Crippen molar-refractivity contribution in [3.05, 3.63) is 23.2 Å². The van der Waals surface area contributed by atoms with Crippen LogP contribution in [-0.2, 0) is 10.0 Å². The Morgan fingerprint density at radius 2 is 2.15 bits per heavy atom. The van der Waals surface area contributed by atoms with Crippen molar-refractivity contribution in [1.82, 2.24) is 9.62 Å². The third-order valence-corrected chi connectivity index (χ3v) is 5.55. The Morgan fingerprint density at radius 3 is 2.65 bits per heavy atom. The molecule has 0 saturated carbocycles. The van der Waals surface area contributed by atoms with Crippen LogP contribution in [0, 0.1) is 0 Å². The van der Waals surface area contributed by atoms with Crippen LogP contribution in [0.25, 0.3) is 0 Å². The van der Waals surface area contributed by atoms with Crippen LogP contribution in [0.15, 0.2) is 23.1 Å². The van der Waals surface area contributed by atoms with E-state index in [1.165, 1.54) is 19.2 Å². The predicted octanol–water partition coefficient (Wildman–Crippen LogP) is 1.72. The summed E-state index contributed by atoms with van der Waals surface area (Å²) in [5.74, 6) is 0.283. The molecular formula is C13H19ClN2O3S. The van der Waals surface area contributed by atoms with E-state index in [9.17, 15) is 8.42 Å². The van der Waals surface area contributed by atoms with Gasteiger partial charge < -0.3 is 10.1 Å². The van der Waals surface area contributed by atoms with E-state index in [1.54, 1.807) is 10.4 Å². The van der Waals surface area contributed by atoms with Gasteiger partial charge in [-0.1, -0.05) is 18.5 Å². The lowest BCUT2D eigenvalue weighted by atomic mass is 10.2. The molecule has 1 aromatic rings. The second-order valence-electron chi connectivity index (χ2n) is 4.72. The predicted molar refractivity (Wildman–Crippen MR) is 78.8 cm³/mol. The molecule has 1 heterocycles. The molecule has 0 amide bonds. The van der Waals surface area contributed by atoms with Crippen LogP contribution in [0.2, 0.25) is 5.02 Å². The van der Waals surface area contributed by atoms with Gasteiger partial charge in [0, 0.05) is 30.7 Å². The van der Waals surface area contributed by atoms with Gasteiger partial charge in [-0.15, -0.1) is 0 Å². The molecule has 0 atom stereocenters. The fourth-order valence-electron chi connectivity index (χ4n) is 2.18. The average Bonchev–Trinajstić information content (AvgIpc) is 2.35. The molecule has 1 aliphatic heterocycles. The van der Waals surface area contributed by atoms with Gasteiger partial charge in [0.05, 0.1) is 13.2 Å². The van der Waals surface area contributed by atoms with Crippen LogP contribution >= 0.6 is 11.6 Å². The van der Waals surface area contributed by atoms with Crippen LogP contribution in [0.4, 0.5) is 0 Å². The highest BCUT2D eigenvalue weighted by Crippen LogP contribution is 2.31. The van der Waals surface area contributed by atoms with Gasteiger partial charge in [0.2, 0.25) is 10.0 Å². The minimum Gasteiger partial charge on any atom is -0.495 e. The van der Waals surface area contributed by atoms with Gasteiger partial charge >= 0.3 is 0 Å². The molecular weight excluding hydrogens is 300 g/mol. The van der Waals surface area contributed by atoms with Crippen LogP contribution in [0.5, 0.6) is 5.75 Å². The number of sulfonamides is 1. The maximum Gasteiger partial charge on any atom is 0.247 e.